The quantitative estimate of drug-likeness (QED) is 0.890. The highest BCUT2D eigenvalue weighted by Gasteiger charge is 2.57. The smallest absolute Gasteiger partial charge is 0.253 e. The van der Waals surface area contributed by atoms with E-state index in [4.69, 9.17) is 0 Å². The molecule has 0 aromatic heterocycles. The van der Waals surface area contributed by atoms with Crippen LogP contribution in [0.1, 0.15) is 53.7 Å². The molecular weight excluding hydrogens is 334 g/mol. The molecule has 2 atom stereocenters. The van der Waals surface area contributed by atoms with Crippen LogP contribution in [-0.2, 0) is 10.8 Å². The zero-order chi connectivity index (χ0) is 19.2. The average Bonchev–Trinajstić information content (AvgIpc) is 3.43. The third-order valence-corrected chi connectivity index (χ3v) is 6.73. The number of piperidine rings is 1. The Balaban J connectivity index is 1.49. The van der Waals surface area contributed by atoms with Crippen molar-refractivity contribution in [3.8, 4) is 0 Å². The first-order valence-corrected chi connectivity index (χ1v) is 9.94. The van der Waals surface area contributed by atoms with Gasteiger partial charge >= 0.3 is 0 Å². The van der Waals surface area contributed by atoms with Crippen molar-refractivity contribution in [2.45, 2.75) is 44.4 Å². The third-order valence-electron chi connectivity index (χ3n) is 6.73. The Morgan fingerprint density at radius 1 is 1.22 bits per heavy atom. The highest BCUT2D eigenvalue weighted by atomic mass is 16.3. The minimum absolute atomic E-state index is 0.0938. The molecule has 2 fully saturated rings. The Labute approximate surface area is 162 Å². The molecule has 1 N–H and O–H groups in total. The molecule has 0 radical (unpaired) electrons. The van der Waals surface area contributed by atoms with E-state index in [9.17, 15) is 9.90 Å². The SMILES string of the molecule is Cc1cc(C(=O)N2CCC3(c4ccccc4)CC3C2)ccc1C(C)(C)CO. The van der Waals surface area contributed by atoms with Crippen LogP contribution in [0.4, 0.5) is 0 Å². The minimum Gasteiger partial charge on any atom is -0.395 e. The van der Waals surface area contributed by atoms with Gasteiger partial charge in [-0.1, -0.05) is 50.2 Å². The number of carbonyl (C=O) groups is 1. The number of carbonyl (C=O) groups excluding carboxylic acids is 1. The van der Waals surface area contributed by atoms with Gasteiger partial charge in [-0.3, -0.25) is 4.79 Å². The van der Waals surface area contributed by atoms with Crippen LogP contribution in [0.5, 0.6) is 0 Å². The Morgan fingerprint density at radius 3 is 2.59 bits per heavy atom. The van der Waals surface area contributed by atoms with Gasteiger partial charge in [0, 0.05) is 29.5 Å². The van der Waals surface area contributed by atoms with Gasteiger partial charge < -0.3 is 10.0 Å². The second kappa shape index (κ2) is 6.49. The fourth-order valence-electron chi connectivity index (χ4n) is 4.89. The van der Waals surface area contributed by atoms with Gasteiger partial charge in [0.05, 0.1) is 6.61 Å². The lowest BCUT2D eigenvalue weighted by Crippen LogP contribution is -2.40. The van der Waals surface area contributed by atoms with Crippen molar-refractivity contribution in [3.05, 3.63) is 70.8 Å². The van der Waals surface area contributed by atoms with E-state index in [1.54, 1.807) is 0 Å². The summed E-state index contributed by atoms with van der Waals surface area (Å²) in [5.41, 5.74) is 4.39. The summed E-state index contributed by atoms with van der Waals surface area (Å²) in [6.07, 6.45) is 2.26. The maximum absolute atomic E-state index is 13.1. The van der Waals surface area contributed by atoms with Gasteiger partial charge in [-0.25, -0.2) is 0 Å². The largest absolute Gasteiger partial charge is 0.395 e. The maximum Gasteiger partial charge on any atom is 0.253 e. The lowest BCUT2D eigenvalue weighted by atomic mass is 9.82. The molecule has 2 aliphatic rings. The van der Waals surface area contributed by atoms with E-state index in [1.165, 1.54) is 12.0 Å². The number of likely N-dealkylation sites (tertiary alicyclic amines) is 1. The molecule has 142 valence electrons. The maximum atomic E-state index is 13.1. The topological polar surface area (TPSA) is 40.5 Å². The van der Waals surface area contributed by atoms with Crippen LogP contribution in [0.3, 0.4) is 0 Å². The molecule has 1 heterocycles. The molecule has 1 aliphatic carbocycles. The monoisotopic (exact) mass is 363 g/mol. The summed E-state index contributed by atoms with van der Waals surface area (Å²) in [6.45, 7) is 7.86. The molecule has 2 aromatic rings. The minimum atomic E-state index is -0.292. The first-order valence-electron chi connectivity index (χ1n) is 9.94. The lowest BCUT2D eigenvalue weighted by Gasteiger charge is -2.32. The average molecular weight is 364 g/mol. The van der Waals surface area contributed by atoms with E-state index in [1.807, 2.05) is 43.9 Å². The van der Waals surface area contributed by atoms with Crippen LogP contribution in [-0.4, -0.2) is 35.6 Å². The first kappa shape index (κ1) is 18.2. The molecule has 1 saturated carbocycles. The molecule has 1 amide bonds. The number of aryl methyl sites for hydroxylation is 1. The zero-order valence-corrected chi connectivity index (χ0v) is 16.5. The number of hydrogen-bond donors (Lipinski definition) is 1. The summed E-state index contributed by atoms with van der Waals surface area (Å²) < 4.78 is 0. The van der Waals surface area contributed by atoms with E-state index in [2.05, 4.69) is 30.3 Å². The Kier molecular flexibility index (Phi) is 4.38. The van der Waals surface area contributed by atoms with Gasteiger partial charge in [-0.05, 0) is 54.5 Å². The molecule has 3 nitrogen and oxygen atoms in total. The summed E-state index contributed by atoms with van der Waals surface area (Å²) >= 11 is 0. The number of aliphatic hydroxyl groups is 1. The Hall–Kier alpha value is -2.13. The van der Waals surface area contributed by atoms with Crippen molar-refractivity contribution in [1.82, 2.24) is 4.90 Å². The van der Waals surface area contributed by atoms with Gasteiger partial charge in [0.2, 0.25) is 0 Å². The van der Waals surface area contributed by atoms with Crippen LogP contribution >= 0.6 is 0 Å². The van der Waals surface area contributed by atoms with E-state index in [0.717, 1.165) is 36.2 Å². The van der Waals surface area contributed by atoms with Crippen molar-refractivity contribution < 1.29 is 9.90 Å². The van der Waals surface area contributed by atoms with E-state index in [-0.39, 0.29) is 17.9 Å². The molecule has 1 saturated heterocycles. The second-order valence-corrected chi connectivity index (χ2v) is 9.00. The zero-order valence-electron chi connectivity index (χ0n) is 16.5. The fraction of sp³-hybridized carbons (Fsp3) is 0.458. The second-order valence-electron chi connectivity index (χ2n) is 9.00. The number of amides is 1. The van der Waals surface area contributed by atoms with Gasteiger partial charge in [-0.15, -0.1) is 0 Å². The van der Waals surface area contributed by atoms with Gasteiger partial charge in [0.1, 0.15) is 0 Å². The number of fused-ring (bicyclic) bond motifs is 1. The van der Waals surface area contributed by atoms with Crippen LogP contribution < -0.4 is 0 Å². The summed E-state index contributed by atoms with van der Waals surface area (Å²) in [5.74, 6) is 0.728. The standard InChI is InChI=1S/C24H29NO2/c1-17-13-18(9-10-21(17)23(2,3)16-26)22(27)25-12-11-24(14-20(24)15-25)19-7-5-4-6-8-19/h4-10,13,20,26H,11-12,14-16H2,1-3H3. The van der Waals surface area contributed by atoms with Crippen LogP contribution in [0.15, 0.2) is 48.5 Å². The summed E-state index contributed by atoms with van der Waals surface area (Å²) in [5, 5.41) is 9.63. The van der Waals surface area contributed by atoms with E-state index >= 15 is 0 Å². The van der Waals surface area contributed by atoms with E-state index < -0.39 is 0 Å². The molecule has 2 aromatic carbocycles. The normalized spacial score (nSPS) is 24.4. The molecule has 3 heteroatoms. The fourth-order valence-corrected chi connectivity index (χ4v) is 4.89. The number of hydrogen-bond acceptors (Lipinski definition) is 2. The van der Waals surface area contributed by atoms with Crippen molar-refractivity contribution in [1.29, 1.82) is 0 Å². The van der Waals surface area contributed by atoms with Crippen LogP contribution in [0.2, 0.25) is 0 Å². The predicted octanol–water partition coefficient (Wildman–Crippen LogP) is 4.07. The number of aliphatic hydroxyl groups excluding tert-OH is 1. The van der Waals surface area contributed by atoms with Gasteiger partial charge in [0.25, 0.3) is 5.91 Å². The predicted molar refractivity (Wildman–Crippen MR) is 108 cm³/mol. The van der Waals surface area contributed by atoms with E-state index in [0.29, 0.717) is 11.3 Å². The molecule has 0 spiro atoms. The van der Waals surface area contributed by atoms with Crippen LogP contribution in [0.25, 0.3) is 0 Å². The Bertz CT molecular complexity index is 858. The summed E-state index contributed by atoms with van der Waals surface area (Å²) in [4.78, 5) is 15.1. The van der Waals surface area contributed by atoms with Crippen molar-refractivity contribution in [2.24, 2.45) is 5.92 Å². The van der Waals surface area contributed by atoms with Crippen molar-refractivity contribution >= 4 is 5.91 Å². The van der Waals surface area contributed by atoms with Crippen molar-refractivity contribution in [3.63, 3.8) is 0 Å². The van der Waals surface area contributed by atoms with Crippen molar-refractivity contribution in [2.75, 3.05) is 19.7 Å². The van der Waals surface area contributed by atoms with Crippen LogP contribution in [0, 0.1) is 12.8 Å². The molecule has 1 aliphatic heterocycles. The number of rotatable bonds is 4. The summed E-state index contributed by atoms with van der Waals surface area (Å²) in [7, 11) is 0. The first-order chi connectivity index (χ1) is 12.9. The highest BCUT2D eigenvalue weighted by Crippen LogP contribution is 2.59. The molecule has 4 rings (SSSR count). The molecule has 2 unspecified atom stereocenters. The third kappa shape index (κ3) is 3.08. The molecular formula is C24H29NO2. The molecule has 0 bridgehead atoms. The summed E-state index contributed by atoms with van der Waals surface area (Å²) in [6, 6.07) is 16.7. The Morgan fingerprint density at radius 2 is 1.96 bits per heavy atom. The number of nitrogens with zero attached hydrogens (tertiary/aromatic N) is 1. The van der Waals surface area contributed by atoms with Gasteiger partial charge in [0.15, 0.2) is 0 Å². The lowest BCUT2D eigenvalue weighted by molar-refractivity contribution is 0.0707. The highest BCUT2D eigenvalue weighted by molar-refractivity contribution is 5.94. The number of benzene rings is 2. The van der Waals surface area contributed by atoms with Gasteiger partial charge in [-0.2, -0.15) is 0 Å². The molecule has 27 heavy (non-hydrogen) atoms.